The zero-order valence-electron chi connectivity index (χ0n) is 12.5. The minimum atomic E-state index is -1.29. The number of esters is 1. The van der Waals surface area contributed by atoms with Gasteiger partial charge in [-0.2, -0.15) is 0 Å². The lowest BCUT2D eigenvalue weighted by Gasteiger charge is -2.42. The molecule has 3 atom stereocenters. The first-order valence-electron chi connectivity index (χ1n) is 6.97. The summed E-state index contributed by atoms with van der Waals surface area (Å²) < 4.78 is 16.3. The minimum Gasteiger partial charge on any atom is -0.448 e. The zero-order chi connectivity index (χ0) is 15.5. The van der Waals surface area contributed by atoms with Crippen LogP contribution in [0.4, 0.5) is 0 Å². The molecule has 5 heteroatoms. The molecule has 0 radical (unpaired) electrons. The summed E-state index contributed by atoms with van der Waals surface area (Å²) in [5.74, 6) is -0.731. The van der Waals surface area contributed by atoms with Gasteiger partial charge < -0.3 is 14.2 Å². The van der Waals surface area contributed by atoms with Gasteiger partial charge in [0.15, 0.2) is 6.29 Å². The molecule has 0 aromatic heterocycles. The summed E-state index contributed by atoms with van der Waals surface area (Å²) >= 11 is 0. The monoisotopic (exact) mass is 292 g/mol. The molecule has 0 amide bonds. The highest BCUT2D eigenvalue weighted by Gasteiger charge is 2.51. The van der Waals surface area contributed by atoms with E-state index in [0.717, 1.165) is 0 Å². The molecule has 1 aliphatic heterocycles. The Morgan fingerprint density at radius 2 is 1.95 bits per heavy atom. The number of hydrogen-bond acceptors (Lipinski definition) is 5. The van der Waals surface area contributed by atoms with E-state index in [1.165, 1.54) is 6.92 Å². The van der Waals surface area contributed by atoms with Crippen molar-refractivity contribution in [1.29, 1.82) is 0 Å². The molecule has 21 heavy (non-hydrogen) atoms. The highest BCUT2D eigenvalue weighted by atomic mass is 16.7. The first-order chi connectivity index (χ1) is 9.99. The molecule has 1 aromatic rings. The summed E-state index contributed by atoms with van der Waals surface area (Å²) in [7, 11) is 1.55. The van der Waals surface area contributed by atoms with Gasteiger partial charge in [-0.3, -0.25) is 9.59 Å². The smallest absolute Gasteiger partial charge is 0.303 e. The number of carbonyl (C=O) groups excluding carboxylic acids is 2. The standard InChI is InChI=1S/C16H20O5/c1-11-16(21-12(2)17,10-9-14(19-3)20-11)15(18)13-7-5-4-6-8-13/h4-8,11,14H,9-10H2,1-3H3/t11-,14+,16-/m0/s1. The Balaban J connectivity index is 2.34. The predicted molar refractivity (Wildman–Crippen MR) is 75.8 cm³/mol. The fraction of sp³-hybridized carbons (Fsp3) is 0.500. The fourth-order valence-corrected chi connectivity index (χ4v) is 2.68. The van der Waals surface area contributed by atoms with E-state index >= 15 is 0 Å². The van der Waals surface area contributed by atoms with E-state index in [-0.39, 0.29) is 12.1 Å². The van der Waals surface area contributed by atoms with E-state index in [9.17, 15) is 9.59 Å². The molecule has 114 valence electrons. The molecule has 1 saturated heterocycles. The highest BCUT2D eigenvalue weighted by molar-refractivity contribution is 6.04. The van der Waals surface area contributed by atoms with Crippen LogP contribution in [0.25, 0.3) is 0 Å². The Labute approximate surface area is 124 Å². The Bertz CT molecular complexity index is 513. The number of rotatable bonds is 4. The van der Waals surface area contributed by atoms with Crippen LogP contribution in [0.15, 0.2) is 30.3 Å². The van der Waals surface area contributed by atoms with Gasteiger partial charge in [-0.05, 0) is 6.92 Å². The van der Waals surface area contributed by atoms with E-state index in [2.05, 4.69) is 0 Å². The lowest BCUT2D eigenvalue weighted by molar-refractivity contribution is -0.234. The van der Waals surface area contributed by atoms with Crippen LogP contribution in [0.5, 0.6) is 0 Å². The Morgan fingerprint density at radius 1 is 1.29 bits per heavy atom. The van der Waals surface area contributed by atoms with E-state index in [4.69, 9.17) is 14.2 Å². The van der Waals surface area contributed by atoms with E-state index in [0.29, 0.717) is 18.4 Å². The van der Waals surface area contributed by atoms with Crippen molar-refractivity contribution in [2.45, 2.75) is 44.7 Å². The second kappa shape index (κ2) is 6.37. The van der Waals surface area contributed by atoms with Crippen LogP contribution in [-0.4, -0.2) is 36.9 Å². The van der Waals surface area contributed by atoms with Crippen LogP contribution in [0.2, 0.25) is 0 Å². The van der Waals surface area contributed by atoms with Gasteiger partial charge in [-0.15, -0.1) is 0 Å². The summed E-state index contributed by atoms with van der Waals surface area (Å²) in [6.07, 6.45) is -0.0905. The largest absolute Gasteiger partial charge is 0.448 e. The number of hydrogen-bond donors (Lipinski definition) is 0. The maximum Gasteiger partial charge on any atom is 0.303 e. The molecule has 0 saturated carbocycles. The van der Waals surface area contributed by atoms with Crippen molar-refractivity contribution in [3.05, 3.63) is 35.9 Å². The molecule has 0 spiro atoms. The average molecular weight is 292 g/mol. The Hall–Kier alpha value is -1.72. The molecule has 5 nitrogen and oxygen atoms in total. The van der Waals surface area contributed by atoms with Crippen LogP contribution < -0.4 is 0 Å². The molecule has 1 aliphatic rings. The van der Waals surface area contributed by atoms with Crippen LogP contribution in [0, 0.1) is 0 Å². The third kappa shape index (κ3) is 3.14. The number of carbonyl (C=O) groups is 2. The first kappa shape index (κ1) is 15.7. The van der Waals surface area contributed by atoms with Crippen molar-refractivity contribution < 1.29 is 23.8 Å². The molecular weight excluding hydrogens is 272 g/mol. The van der Waals surface area contributed by atoms with Gasteiger partial charge >= 0.3 is 5.97 Å². The maximum atomic E-state index is 12.9. The normalized spacial score (nSPS) is 28.9. The SMILES string of the molecule is CO[C@H]1CC[C@@](OC(C)=O)(C(=O)c2ccccc2)[C@H](C)O1. The van der Waals surface area contributed by atoms with Gasteiger partial charge in [0.25, 0.3) is 0 Å². The summed E-state index contributed by atoms with van der Waals surface area (Å²) in [4.78, 5) is 24.4. The van der Waals surface area contributed by atoms with Crippen molar-refractivity contribution in [2.24, 2.45) is 0 Å². The number of Topliss-reactive ketones (excluding diaryl/α,β-unsaturated/α-hetero) is 1. The van der Waals surface area contributed by atoms with Gasteiger partial charge in [-0.1, -0.05) is 30.3 Å². The van der Waals surface area contributed by atoms with E-state index in [1.54, 1.807) is 38.3 Å². The van der Waals surface area contributed by atoms with Crippen molar-refractivity contribution in [1.82, 2.24) is 0 Å². The number of ketones is 1. The topological polar surface area (TPSA) is 61.8 Å². The van der Waals surface area contributed by atoms with Gasteiger partial charge in [0.2, 0.25) is 11.4 Å². The highest BCUT2D eigenvalue weighted by Crippen LogP contribution is 2.35. The van der Waals surface area contributed by atoms with Crippen LogP contribution in [-0.2, 0) is 19.0 Å². The van der Waals surface area contributed by atoms with E-state index < -0.39 is 17.7 Å². The maximum absolute atomic E-state index is 12.9. The number of methoxy groups -OCH3 is 1. The molecule has 1 fully saturated rings. The van der Waals surface area contributed by atoms with Gasteiger partial charge in [0.05, 0.1) is 0 Å². The molecule has 0 bridgehead atoms. The second-order valence-corrected chi connectivity index (χ2v) is 5.16. The number of benzene rings is 1. The van der Waals surface area contributed by atoms with E-state index in [1.807, 2.05) is 6.07 Å². The van der Waals surface area contributed by atoms with Crippen LogP contribution in [0.1, 0.15) is 37.0 Å². The molecule has 1 aromatic carbocycles. The summed E-state index contributed by atoms with van der Waals surface area (Å²) in [5, 5.41) is 0. The molecule has 1 heterocycles. The third-order valence-electron chi connectivity index (χ3n) is 3.77. The number of ether oxygens (including phenoxy) is 3. The predicted octanol–water partition coefficient (Wildman–Crippen LogP) is 2.34. The zero-order valence-corrected chi connectivity index (χ0v) is 12.5. The van der Waals surface area contributed by atoms with Crippen molar-refractivity contribution in [3.8, 4) is 0 Å². The fourth-order valence-electron chi connectivity index (χ4n) is 2.68. The second-order valence-electron chi connectivity index (χ2n) is 5.16. The molecule has 0 N–H and O–H groups in total. The molecule has 0 unspecified atom stereocenters. The summed E-state index contributed by atoms with van der Waals surface area (Å²) in [5.41, 5.74) is -0.785. The van der Waals surface area contributed by atoms with Crippen molar-refractivity contribution in [3.63, 3.8) is 0 Å². The van der Waals surface area contributed by atoms with Gasteiger partial charge in [-0.25, -0.2) is 0 Å². The lowest BCUT2D eigenvalue weighted by Crippen LogP contribution is -2.57. The third-order valence-corrected chi connectivity index (χ3v) is 3.77. The van der Waals surface area contributed by atoms with Gasteiger partial charge in [0, 0.05) is 32.4 Å². The van der Waals surface area contributed by atoms with Gasteiger partial charge in [0.1, 0.15) is 6.10 Å². The molecule has 0 aliphatic carbocycles. The van der Waals surface area contributed by atoms with Crippen LogP contribution in [0.3, 0.4) is 0 Å². The quantitative estimate of drug-likeness (QED) is 0.629. The Morgan fingerprint density at radius 3 is 2.48 bits per heavy atom. The lowest BCUT2D eigenvalue weighted by atomic mass is 9.82. The molecule has 2 rings (SSSR count). The average Bonchev–Trinajstić information content (AvgIpc) is 2.49. The summed E-state index contributed by atoms with van der Waals surface area (Å²) in [6.45, 7) is 3.03. The minimum absolute atomic E-state index is 0.236. The van der Waals surface area contributed by atoms with Crippen LogP contribution >= 0.6 is 0 Å². The van der Waals surface area contributed by atoms with Crippen molar-refractivity contribution >= 4 is 11.8 Å². The molecular formula is C16H20O5. The summed E-state index contributed by atoms with van der Waals surface area (Å²) in [6, 6.07) is 8.81. The Kier molecular flexibility index (Phi) is 4.75. The van der Waals surface area contributed by atoms with Crippen molar-refractivity contribution in [2.75, 3.05) is 7.11 Å². The first-order valence-corrected chi connectivity index (χ1v) is 6.97.